The molecule has 1 aromatic carbocycles. The van der Waals surface area contributed by atoms with E-state index in [4.69, 9.17) is 10.6 Å². The molecule has 1 atom stereocenters. The van der Waals surface area contributed by atoms with E-state index in [1.165, 1.54) is 12.5 Å². The van der Waals surface area contributed by atoms with E-state index in [0.717, 1.165) is 13.0 Å². The Balaban J connectivity index is 1.93. The number of amides is 1. The lowest BCUT2D eigenvalue weighted by molar-refractivity contribution is -0.120. The number of benzene rings is 1. The molecule has 0 radical (unpaired) electrons. The van der Waals surface area contributed by atoms with E-state index < -0.39 is 11.7 Å². The van der Waals surface area contributed by atoms with E-state index in [9.17, 15) is 9.18 Å². The van der Waals surface area contributed by atoms with Crippen LogP contribution in [0.1, 0.15) is 18.4 Å². The van der Waals surface area contributed by atoms with Crippen molar-refractivity contribution >= 4 is 5.91 Å². The number of carbonyl (C=O) groups is 1. The predicted octanol–water partition coefficient (Wildman–Crippen LogP) is 0.831. The molecule has 1 heterocycles. The lowest BCUT2D eigenvalue weighted by Crippen LogP contribution is -2.31. The highest BCUT2D eigenvalue weighted by molar-refractivity contribution is 5.77. The summed E-state index contributed by atoms with van der Waals surface area (Å²) in [6.45, 7) is 1.63. The van der Waals surface area contributed by atoms with E-state index in [2.05, 4.69) is 11.9 Å². The Hall–Kier alpha value is -1.66. The van der Waals surface area contributed by atoms with E-state index in [0.29, 0.717) is 24.0 Å². The zero-order valence-electron chi connectivity index (χ0n) is 11.6. The minimum absolute atomic E-state index is 0.0754. The van der Waals surface area contributed by atoms with Gasteiger partial charge in [0.2, 0.25) is 5.91 Å². The summed E-state index contributed by atoms with van der Waals surface area (Å²) in [5.41, 5.74) is 2.28. The lowest BCUT2D eigenvalue weighted by atomic mass is 10.1. The molecular formula is C14H20FN3O2. The summed E-state index contributed by atoms with van der Waals surface area (Å²) in [6, 6.07) is 4.93. The van der Waals surface area contributed by atoms with E-state index in [-0.39, 0.29) is 6.42 Å². The second-order valence-electron chi connectivity index (χ2n) is 5.09. The van der Waals surface area contributed by atoms with Gasteiger partial charge in [0.1, 0.15) is 18.2 Å². The standard InChI is InChI=1S/C14H20FN3O2/c1-18-6-2-3-11(18)9-20-12-5-4-10(13(15)8-12)7-14(19)17-16/h4-5,8,11H,2-3,6-7,9,16H2,1H3,(H,17,19)/t11-/m1/s1. The Kier molecular flexibility index (Phi) is 4.92. The van der Waals surface area contributed by atoms with Gasteiger partial charge in [-0.25, -0.2) is 10.2 Å². The molecule has 1 aromatic rings. The first-order valence-electron chi connectivity index (χ1n) is 6.71. The van der Waals surface area contributed by atoms with Crippen molar-refractivity contribution < 1.29 is 13.9 Å². The SMILES string of the molecule is CN1CCC[C@@H]1COc1ccc(CC(=O)NN)c(F)c1. The third-order valence-corrected chi connectivity index (χ3v) is 3.65. The number of likely N-dealkylation sites (N-methyl/N-ethyl adjacent to an activating group) is 1. The van der Waals surface area contributed by atoms with Gasteiger partial charge in [0, 0.05) is 12.1 Å². The number of carbonyl (C=O) groups excluding carboxylic acids is 1. The minimum Gasteiger partial charge on any atom is -0.492 e. The Bertz CT molecular complexity index is 481. The van der Waals surface area contributed by atoms with Gasteiger partial charge < -0.3 is 9.64 Å². The van der Waals surface area contributed by atoms with Crippen LogP contribution in [-0.2, 0) is 11.2 Å². The fourth-order valence-electron chi connectivity index (χ4n) is 2.37. The van der Waals surface area contributed by atoms with E-state index >= 15 is 0 Å². The number of hydrogen-bond acceptors (Lipinski definition) is 4. The van der Waals surface area contributed by atoms with Crippen molar-refractivity contribution in [2.24, 2.45) is 5.84 Å². The van der Waals surface area contributed by atoms with Crippen LogP contribution in [0.3, 0.4) is 0 Å². The van der Waals surface area contributed by atoms with Gasteiger partial charge in [0.05, 0.1) is 6.42 Å². The molecule has 0 unspecified atom stereocenters. The number of halogens is 1. The molecular weight excluding hydrogens is 261 g/mol. The van der Waals surface area contributed by atoms with Crippen LogP contribution in [0.15, 0.2) is 18.2 Å². The number of hydrogen-bond donors (Lipinski definition) is 2. The largest absolute Gasteiger partial charge is 0.492 e. The number of nitrogens with two attached hydrogens (primary N) is 1. The molecule has 0 aromatic heterocycles. The van der Waals surface area contributed by atoms with Gasteiger partial charge in [-0.15, -0.1) is 0 Å². The fourth-order valence-corrected chi connectivity index (χ4v) is 2.37. The molecule has 5 nitrogen and oxygen atoms in total. The summed E-state index contributed by atoms with van der Waals surface area (Å²) in [5, 5.41) is 0. The molecule has 2 rings (SSSR count). The monoisotopic (exact) mass is 281 g/mol. The number of nitrogens with zero attached hydrogens (tertiary/aromatic N) is 1. The summed E-state index contributed by atoms with van der Waals surface area (Å²) in [7, 11) is 2.07. The molecule has 1 saturated heterocycles. The highest BCUT2D eigenvalue weighted by Crippen LogP contribution is 2.20. The molecule has 1 aliphatic rings. The van der Waals surface area contributed by atoms with Crippen LogP contribution in [0, 0.1) is 5.82 Å². The average Bonchev–Trinajstić information content (AvgIpc) is 2.84. The fraction of sp³-hybridized carbons (Fsp3) is 0.500. The van der Waals surface area contributed by atoms with Gasteiger partial charge in [0.25, 0.3) is 0 Å². The predicted molar refractivity (Wildman–Crippen MR) is 73.6 cm³/mol. The second-order valence-corrected chi connectivity index (χ2v) is 5.09. The first-order valence-corrected chi connectivity index (χ1v) is 6.71. The maximum Gasteiger partial charge on any atom is 0.238 e. The topological polar surface area (TPSA) is 67.6 Å². The molecule has 0 aliphatic carbocycles. The summed E-state index contributed by atoms with van der Waals surface area (Å²) in [4.78, 5) is 13.4. The maximum absolute atomic E-state index is 13.8. The van der Waals surface area contributed by atoms with Crippen molar-refractivity contribution in [3.63, 3.8) is 0 Å². The van der Waals surface area contributed by atoms with Crippen molar-refractivity contribution in [2.45, 2.75) is 25.3 Å². The summed E-state index contributed by atoms with van der Waals surface area (Å²) < 4.78 is 19.4. The average molecular weight is 281 g/mol. The van der Waals surface area contributed by atoms with Crippen molar-refractivity contribution in [1.82, 2.24) is 10.3 Å². The maximum atomic E-state index is 13.8. The summed E-state index contributed by atoms with van der Waals surface area (Å²) in [6.07, 6.45) is 2.20. The number of hydrazine groups is 1. The molecule has 3 N–H and O–H groups in total. The third-order valence-electron chi connectivity index (χ3n) is 3.65. The zero-order valence-corrected chi connectivity index (χ0v) is 11.6. The lowest BCUT2D eigenvalue weighted by Gasteiger charge is -2.19. The van der Waals surface area contributed by atoms with E-state index in [1.807, 2.05) is 5.43 Å². The molecule has 110 valence electrons. The van der Waals surface area contributed by atoms with Crippen molar-refractivity contribution in [1.29, 1.82) is 0 Å². The Morgan fingerprint density at radius 1 is 1.60 bits per heavy atom. The molecule has 0 spiro atoms. The quantitative estimate of drug-likeness (QED) is 0.476. The first kappa shape index (κ1) is 14.7. The molecule has 1 aliphatic heterocycles. The smallest absolute Gasteiger partial charge is 0.238 e. The molecule has 1 fully saturated rings. The normalized spacial score (nSPS) is 19.1. The number of rotatable bonds is 5. The van der Waals surface area contributed by atoms with Gasteiger partial charge in [-0.1, -0.05) is 6.07 Å². The van der Waals surface area contributed by atoms with Crippen molar-refractivity contribution in [2.75, 3.05) is 20.2 Å². The van der Waals surface area contributed by atoms with Crippen LogP contribution in [0.2, 0.25) is 0 Å². The van der Waals surface area contributed by atoms with E-state index in [1.54, 1.807) is 12.1 Å². The van der Waals surface area contributed by atoms with Crippen LogP contribution in [0.25, 0.3) is 0 Å². The zero-order chi connectivity index (χ0) is 14.5. The Morgan fingerprint density at radius 3 is 3.00 bits per heavy atom. The van der Waals surface area contributed by atoms with Crippen LogP contribution < -0.4 is 16.0 Å². The molecule has 20 heavy (non-hydrogen) atoms. The Labute approximate surface area is 117 Å². The van der Waals surface area contributed by atoms with Gasteiger partial charge >= 0.3 is 0 Å². The van der Waals surface area contributed by atoms with Gasteiger partial charge in [-0.2, -0.15) is 0 Å². The van der Waals surface area contributed by atoms with Gasteiger partial charge in [0.15, 0.2) is 0 Å². The number of nitrogens with one attached hydrogen (secondary N) is 1. The highest BCUT2D eigenvalue weighted by atomic mass is 19.1. The summed E-state index contributed by atoms with van der Waals surface area (Å²) >= 11 is 0. The summed E-state index contributed by atoms with van der Waals surface area (Å²) in [5.74, 6) is 4.59. The van der Waals surface area contributed by atoms with Crippen molar-refractivity contribution in [3.05, 3.63) is 29.6 Å². The van der Waals surface area contributed by atoms with Crippen LogP contribution in [-0.4, -0.2) is 37.0 Å². The minimum atomic E-state index is -0.453. The number of likely N-dealkylation sites (tertiary alicyclic amines) is 1. The van der Waals surface area contributed by atoms with Crippen LogP contribution >= 0.6 is 0 Å². The molecule has 6 heteroatoms. The number of ether oxygens (including phenoxy) is 1. The van der Waals surface area contributed by atoms with Gasteiger partial charge in [-0.3, -0.25) is 10.2 Å². The second kappa shape index (κ2) is 6.67. The molecule has 1 amide bonds. The van der Waals surface area contributed by atoms with Crippen LogP contribution in [0.4, 0.5) is 4.39 Å². The molecule has 0 saturated carbocycles. The highest BCUT2D eigenvalue weighted by Gasteiger charge is 2.21. The third kappa shape index (κ3) is 3.68. The van der Waals surface area contributed by atoms with Crippen LogP contribution in [0.5, 0.6) is 5.75 Å². The van der Waals surface area contributed by atoms with Gasteiger partial charge in [-0.05, 0) is 38.1 Å². The Morgan fingerprint density at radius 2 is 2.40 bits per heavy atom. The molecule has 0 bridgehead atoms. The van der Waals surface area contributed by atoms with Crippen molar-refractivity contribution in [3.8, 4) is 5.75 Å². The first-order chi connectivity index (χ1) is 9.60.